The van der Waals surface area contributed by atoms with E-state index in [9.17, 15) is 4.79 Å². The number of amides is 1. The zero-order valence-corrected chi connectivity index (χ0v) is 14.4. The summed E-state index contributed by atoms with van der Waals surface area (Å²) in [5.74, 6) is 0.263. The third-order valence-corrected chi connectivity index (χ3v) is 3.79. The Kier molecular flexibility index (Phi) is 7.15. The molecule has 2 aromatic rings. The first-order valence-electron chi connectivity index (χ1n) is 7.73. The number of nitrogens with zero attached hydrogens (tertiary/aromatic N) is 2. The molecule has 1 saturated heterocycles. The Morgan fingerprint density at radius 3 is 2.68 bits per heavy atom. The van der Waals surface area contributed by atoms with Gasteiger partial charge in [0.25, 0.3) is 5.91 Å². The Hall–Kier alpha value is -2.19. The molecular formula is C17H20ClN3O4. The fourth-order valence-electron chi connectivity index (χ4n) is 2.48. The van der Waals surface area contributed by atoms with Crippen molar-refractivity contribution in [2.45, 2.75) is 6.54 Å². The lowest BCUT2D eigenvalue weighted by Gasteiger charge is -2.25. The minimum Gasteiger partial charge on any atom is -0.379 e. The number of benzene rings is 1. The normalized spacial score (nSPS) is 15.1. The van der Waals surface area contributed by atoms with E-state index in [0.717, 1.165) is 55.4 Å². The second kappa shape index (κ2) is 9.33. The van der Waals surface area contributed by atoms with Crippen molar-refractivity contribution >= 4 is 24.4 Å². The van der Waals surface area contributed by atoms with Crippen LogP contribution in [-0.2, 0) is 16.1 Å². The van der Waals surface area contributed by atoms with Crippen LogP contribution in [0.1, 0.15) is 11.3 Å². The van der Waals surface area contributed by atoms with E-state index in [1.54, 1.807) is 11.6 Å². The van der Waals surface area contributed by atoms with Crippen LogP contribution in [0.5, 0.6) is 0 Å². The Balaban J connectivity index is 0.00000225. The van der Waals surface area contributed by atoms with Crippen LogP contribution >= 0.6 is 12.4 Å². The van der Waals surface area contributed by atoms with Crippen molar-refractivity contribution in [1.82, 2.24) is 15.5 Å². The number of carbonyl (C=O) groups is 1. The molecule has 25 heavy (non-hydrogen) atoms. The predicted molar refractivity (Wildman–Crippen MR) is 94.2 cm³/mol. The third kappa shape index (κ3) is 5.40. The van der Waals surface area contributed by atoms with Gasteiger partial charge in [-0.2, -0.15) is 0 Å². The van der Waals surface area contributed by atoms with Gasteiger partial charge >= 0.3 is 0 Å². The van der Waals surface area contributed by atoms with E-state index in [4.69, 9.17) is 14.5 Å². The first-order chi connectivity index (χ1) is 11.7. The minimum absolute atomic E-state index is 0. The van der Waals surface area contributed by atoms with Crippen molar-refractivity contribution < 1.29 is 19.3 Å². The molecule has 1 fully saturated rings. The Bertz CT molecular complexity index is 709. The molecule has 0 atom stereocenters. The molecule has 1 aromatic heterocycles. The summed E-state index contributed by atoms with van der Waals surface area (Å²) < 4.78 is 10.8. The number of ether oxygens (including phenoxy) is 1. The first-order valence-corrected chi connectivity index (χ1v) is 7.73. The van der Waals surface area contributed by atoms with E-state index in [1.807, 2.05) is 30.3 Å². The number of hydroxylamine groups is 1. The summed E-state index contributed by atoms with van der Waals surface area (Å²) in [5.41, 5.74) is 4.12. The highest BCUT2D eigenvalue weighted by molar-refractivity contribution is 5.90. The zero-order chi connectivity index (χ0) is 16.8. The molecule has 1 aromatic carbocycles. The molecule has 0 unspecified atom stereocenters. The summed E-state index contributed by atoms with van der Waals surface area (Å²) in [5, 5.41) is 12.6. The van der Waals surface area contributed by atoms with Crippen LogP contribution in [0, 0.1) is 0 Å². The highest BCUT2D eigenvalue weighted by Gasteiger charge is 2.14. The molecule has 0 aliphatic carbocycles. The predicted octanol–water partition coefficient (Wildman–Crippen LogP) is 2.11. The third-order valence-electron chi connectivity index (χ3n) is 3.79. The number of hydrogen-bond acceptors (Lipinski definition) is 6. The summed E-state index contributed by atoms with van der Waals surface area (Å²) in [6.07, 6.45) is 2.87. The smallest absolute Gasteiger partial charge is 0.267 e. The van der Waals surface area contributed by atoms with E-state index >= 15 is 0 Å². The second-order valence-corrected chi connectivity index (χ2v) is 5.50. The van der Waals surface area contributed by atoms with Gasteiger partial charge in [0, 0.05) is 30.8 Å². The molecule has 7 nitrogen and oxygen atoms in total. The van der Waals surface area contributed by atoms with Crippen LogP contribution in [0.2, 0.25) is 0 Å². The van der Waals surface area contributed by atoms with Crippen LogP contribution < -0.4 is 5.48 Å². The van der Waals surface area contributed by atoms with Gasteiger partial charge in [0.15, 0.2) is 5.76 Å². The summed E-state index contributed by atoms with van der Waals surface area (Å²) >= 11 is 0. The molecule has 1 aliphatic heterocycles. The van der Waals surface area contributed by atoms with Gasteiger partial charge in [-0.1, -0.05) is 29.4 Å². The maximum absolute atomic E-state index is 11.0. The van der Waals surface area contributed by atoms with E-state index in [1.165, 1.54) is 6.08 Å². The first kappa shape index (κ1) is 19.1. The second-order valence-electron chi connectivity index (χ2n) is 5.50. The maximum Gasteiger partial charge on any atom is 0.267 e. The topological polar surface area (TPSA) is 87.8 Å². The fraction of sp³-hybridized carbons (Fsp3) is 0.294. The summed E-state index contributed by atoms with van der Waals surface area (Å²) in [6.45, 7) is 4.04. The van der Waals surface area contributed by atoms with E-state index in [0.29, 0.717) is 0 Å². The molecular weight excluding hydrogens is 346 g/mol. The minimum atomic E-state index is -0.566. The number of nitrogens with one attached hydrogen (secondary N) is 1. The monoisotopic (exact) mass is 365 g/mol. The van der Waals surface area contributed by atoms with Crippen LogP contribution in [0.25, 0.3) is 17.3 Å². The van der Waals surface area contributed by atoms with Crippen LogP contribution in [0.4, 0.5) is 0 Å². The largest absolute Gasteiger partial charge is 0.379 e. The quantitative estimate of drug-likeness (QED) is 0.479. The van der Waals surface area contributed by atoms with Gasteiger partial charge in [0.1, 0.15) is 5.69 Å². The molecule has 8 heteroatoms. The maximum atomic E-state index is 11.0. The SMILES string of the molecule is Cl.O=C(/C=C/c1ccc(-c2cc(CN3CCOCC3)on2)cc1)NO. The lowest BCUT2D eigenvalue weighted by atomic mass is 10.1. The molecule has 0 saturated carbocycles. The summed E-state index contributed by atoms with van der Waals surface area (Å²) in [4.78, 5) is 13.2. The molecule has 1 amide bonds. The van der Waals surface area contributed by atoms with Gasteiger partial charge in [0.2, 0.25) is 0 Å². The molecule has 0 bridgehead atoms. The lowest BCUT2D eigenvalue weighted by Crippen LogP contribution is -2.35. The lowest BCUT2D eigenvalue weighted by molar-refractivity contribution is -0.124. The average molecular weight is 366 g/mol. The molecule has 3 rings (SSSR count). The summed E-state index contributed by atoms with van der Waals surface area (Å²) in [6, 6.07) is 9.50. The highest BCUT2D eigenvalue weighted by atomic mass is 35.5. The van der Waals surface area contributed by atoms with Crippen LogP contribution in [0.15, 0.2) is 40.9 Å². The van der Waals surface area contributed by atoms with Crippen molar-refractivity contribution in [1.29, 1.82) is 0 Å². The highest BCUT2D eigenvalue weighted by Crippen LogP contribution is 2.21. The number of carbonyl (C=O) groups excluding carboxylic acids is 1. The van der Waals surface area contributed by atoms with Gasteiger partial charge in [-0.05, 0) is 11.6 Å². The van der Waals surface area contributed by atoms with Gasteiger partial charge in [0.05, 0.1) is 19.8 Å². The summed E-state index contributed by atoms with van der Waals surface area (Å²) in [7, 11) is 0. The van der Waals surface area contributed by atoms with E-state index in [2.05, 4.69) is 10.1 Å². The van der Waals surface area contributed by atoms with Gasteiger partial charge < -0.3 is 9.26 Å². The standard InChI is InChI=1S/C17H19N3O4.ClH/c21-17(18-22)6-3-13-1-4-14(5-2-13)16-11-15(24-19-16)12-20-7-9-23-10-8-20;/h1-6,11,22H,7-10,12H2,(H,18,21);1H/b6-3+;. The molecule has 0 spiro atoms. The number of halogens is 1. The Morgan fingerprint density at radius 2 is 2.00 bits per heavy atom. The van der Waals surface area contributed by atoms with Crippen molar-refractivity contribution in [3.05, 3.63) is 47.7 Å². The van der Waals surface area contributed by atoms with Crippen LogP contribution in [0.3, 0.4) is 0 Å². The van der Waals surface area contributed by atoms with Gasteiger partial charge in [-0.15, -0.1) is 12.4 Å². The average Bonchev–Trinajstić information content (AvgIpc) is 3.09. The molecule has 2 heterocycles. The molecule has 1 aliphatic rings. The fourth-order valence-corrected chi connectivity index (χ4v) is 2.48. The van der Waals surface area contributed by atoms with Crippen molar-refractivity contribution in [3.8, 4) is 11.3 Å². The van der Waals surface area contributed by atoms with Crippen molar-refractivity contribution in [3.63, 3.8) is 0 Å². The number of morpholine rings is 1. The van der Waals surface area contributed by atoms with Gasteiger partial charge in [-0.25, -0.2) is 5.48 Å². The molecule has 134 valence electrons. The zero-order valence-electron chi connectivity index (χ0n) is 13.6. The van der Waals surface area contributed by atoms with Crippen molar-refractivity contribution in [2.75, 3.05) is 26.3 Å². The Morgan fingerprint density at radius 1 is 1.28 bits per heavy atom. The number of aromatic nitrogens is 1. The number of rotatable bonds is 5. The van der Waals surface area contributed by atoms with E-state index in [-0.39, 0.29) is 12.4 Å². The van der Waals surface area contributed by atoms with Crippen molar-refractivity contribution in [2.24, 2.45) is 0 Å². The van der Waals surface area contributed by atoms with E-state index < -0.39 is 5.91 Å². The van der Waals surface area contributed by atoms with Crippen LogP contribution in [-0.4, -0.2) is 47.5 Å². The Labute approximate surface area is 151 Å². The van der Waals surface area contributed by atoms with Gasteiger partial charge in [-0.3, -0.25) is 14.9 Å². The molecule has 2 N–H and O–H groups in total. The molecule has 0 radical (unpaired) electrons. The number of hydrogen-bond donors (Lipinski definition) is 2.